The molecule has 0 fully saturated rings. The number of nitrogens with one attached hydrogen (secondary N) is 1. The molecule has 0 radical (unpaired) electrons. The van der Waals surface area contributed by atoms with Gasteiger partial charge in [-0.1, -0.05) is 44.2 Å². The Morgan fingerprint density at radius 2 is 1.51 bits per heavy atom. The molecule has 2 heterocycles. The van der Waals surface area contributed by atoms with Gasteiger partial charge in [0.05, 0.1) is 33.9 Å². The second-order valence-electron chi connectivity index (χ2n) is 8.66. The zero-order chi connectivity index (χ0) is 25.3. The number of esters is 1. The SMILES string of the molecule is Cc1nn(-c2ccccc2)c(C)c1NC(=O)COC(=O)[C@@H](C(C)C)N1C(=O)c2ccccc2C1=O. The molecule has 0 saturated heterocycles. The summed E-state index contributed by atoms with van der Waals surface area (Å²) in [4.78, 5) is 52.1. The molecule has 0 spiro atoms. The lowest BCUT2D eigenvalue weighted by Gasteiger charge is -2.27. The fourth-order valence-corrected chi connectivity index (χ4v) is 4.18. The second-order valence-corrected chi connectivity index (χ2v) is 8.66. The van der Waals surface area contributed by atoms with E-state index in [0.717, 1.165) is 16.3 Å². The zero-order valence-electron chi connectivity index (χ0n) is 19.9. The Labute approximate surface area is 202 Å². The van der Waals surface area contributed by atoms with Crippen LogP contribution in [0.15, 0.2) is 54.6 Å². The molecule has 3 amide bonds. The Hall–Kier alpha value is -4.27. The first-order valence-corrected chi connectivity index (χ1v) is 11.3. The Morgan fingerprint density at radius 1 is 0.943 bits per heavy atom. The fraction of sp³-hybridized carbons (Fsp3) is 0.269. The molecule has 9 nitrogen and oxygen atoms in total. The number of hydrogen-bond acceptors (Lipinski definition) is 6. The number of aryl methyl sites for hydroxylation is 1. The maximum absolute atomic E-state index is 12.9. The lowest BCUT2D eigenvalue weighted by Crippen LogP contribution is -2.49. The van der Waals surface area contributed by atoms with Crippen molar-refractivity contribution in [1.82, 2.24) is 14.7 Å². The van der Waals surface area contributed by atoms with Crippen molar-refractivity contribution in [3.05, 3.63) is 77.1 Å². The lowest BCUT2D eigenvalue weighted by atomic mass is 10.0. The van der Waals surface area contributed by atoms with E-state index in [1.807, 2.05) is 37.3 Å². The number of para-hydroxylation sites is 1. The Bertz CT molecular complexity index is 1280. The van der Waals surface area contributed by atoms with E-state index < -0.39 is 42.3 Å². The monoisotopic (exact) mass is 474 g/mol. The van der Waals surface area contributed by atoms with E-state index in [1.165, 1.54) is 0 Å². The molecule has 0 bridgehead atoms. The molecule has 4 rings (SSSR count). The number of anilines is 1. The van der Waals surface area contributed by atoms with Gasteiger partial charge in [-0.2, -0.15) is 5.10 Å². The molecular formula is C26H26N4O5. The molecule has 2 aromatic carbocycles. The van der Waals surface area contributed by atoms with Crippen LogP contribution >= 0.6 is 0 Å². The minimum atomic E-state index is -1.15. The van der Waals surface area contributed by atoms with Crippen LogP contribution < -0.4 is 5.32 Å². The third-order valence-electron chi connectivity index (χ3n) is 5.88. The third kappa shape index (κ3) is 4.44. The van der Waals surface area contributed by atoms with E-state index in [1.54, 1.807) is 49.7 Å². The number of carbonyl (C=O) groups is 4. The summed E-state index contributed by atoms with van der Waals surface area (Å²) in [6.45, 7) is 6.44. The summed E-state index contributed by atoms with van der Waals surface area (Å²) in [5.41, 5.74) is 3.19. The van der Waals surface area contributed by atoms with Crippen LogP contribution in [-0.4, -0.2) is 51.0 Å². The van der Waals surface area contributed by atoms with Crippen LogP contribution in [0.5, 0.6) is 0 Å². The number of nitrogens with zero attached hydrogens (tertiary/aromatic N) is 3. The predicted octanol–water partition coefficient (Wildman–Crippen LogP) is 3.29. The first-order valence-electron chi connectivity index (χ1n) is 11.3. The number of imide groups is 1. The molecule has 1 aromatic heterocycles. The molecule has 0 unspecified atom stereocenters. The maximum Gasteiger partial charge on any atom is 0.330 e. The second kappa shape index (κ2) is 9.54. The van der Waals surface area contributed by atoms with Gasteiger partial charge in [0.1, 0.15) is 6.04 Å². The van der Waals surface area contributed by atoms with E-state index in [0.29, 0.717) is 11.4 Å². The smallest absolute Gasteiger partial charge is 0.330 e. The highest BCUT2D eigenvalue weighted by Gasteiger charge is 2.44. The minimum Gasteiger partial charge on any atom is -0.454 e. The van der Waals surface area contributed by atoms with E-state index in [4.69, 9.17) is 4.74 Å². The molecule has 1 aliphatic heterocycles. The van der Waals surface area contributed by atoms with Crippen LogP contribution in [0.2, 0.25) is 0 Å². The summed E-state index contributed by atoms with van der Waals surface area (Å²) < 4.78 is 6.97. The molecule has 3 aromatic rings. The summed E-state index contributed by atoms with van der Waals surface area (Å²) in [5, 5.41) is 7.23. The van der Waals surface area contributed by atoms with E-state index >= 15 is 0 Å². The first-order chi connectivity index (χ1) is 16.7. The maximum atomic E-state index is 12.9. The van der Waals surface area contributed by atoms with Crippen LogP contribution in [0.1, 0.15) is 46.0 Å². The molecular weight excluding hydrogens is 448 g/mol. The van der Waals surface area contributed by atoms with Crippen molar-refractivity contribution < 1.29 is 23.9 Å². The van der Waals surface area contributed by atoms with Gasteiger partial charge in [0.25, 0.3) is 17.7 Å². The largest absolute Gasteiger partial charge is 0.454 e. The van der Waals surface area contributed by atoms with Gasteiger partial charge < -0.3 is 10.1 Å². The number of fused-ring (bicyclic) bond motifs is 1. The van der Waals surface area contributed by atoms with Gasteiger partial charge >= 0.3 is 5.97 Å². The summed E-state index contributed by atoms with van der Waals surface area (Å²) in [6, 6.07) is 14.7. The van der Waals surface area contributed by atoms with Crippen molar-refractivity contribution in [2.75, 3.05) is 11.9 Å². The average Bonchev–Trinajstić information content (AvgIpc) is 3.26. The van der Waals surface area contributed by atoms with Crippen molar-refractivity contribution >= 4 is 29.4 Å². The molecule has 1 aliphatic rings. The normalized spacial score (nSPS) is 13.7. The van der Waals surface area contributed by atoms with E-state index in [9.17, 15) is 19.2 Å². The summed E-state index contributed by atoms with van der Waals surface area (Å²) >= 11 is 0. The minimum absolute atomic E-state index is 0.245. The molecule has 9 heteroatoms. The van der Waals surface area contributed by atoms with Crippen LogP contribution in [-0.2, 0) is 14.3 Å². The number of benzene rings is 2. The number of rotatable bonds is 7. The van der Waals surface area contributed by atoms with Crippen LogP contribution in [0.3, 0.4) is 0 Å². The standard InChI is InChI=1S/C26H26N4O5/c1-15(2)23(29-24(32)19-12-8-9-13-20(19)25(29)33)26(34)35-14-21(31)27-22-16(3)28-30(17(22)4)18-10-6-5-7-11-18/h5-13,15,23H,14H2,1-4H3,(H,27,31)/t23-/m1/s1. The Morgan fingerprint density at radius 3 is 2.09 bits per heavy atom. The first kappa shape index (κ1) is 23.9. The number of carbonyl (C=O) groups excluding carboxylic acids is 4. The predicted molar refractivity (Wildman–Crippen MR) is 128 cm³/mol. The topological polar surface area (TPSA) is 111 Å². The van der Waals surface area contributed by atoms with Crippen molar-refractivity contribution in [3.63, 3.8) is 0 Å². The lowest BCUT2D eigenvalue weighted by molar-refractivity contribution is -0.152. The quantitative estimate of drug-likeness (QED) is 0.416. The average molecular weight is 475 g/mol. The van der Waals surface area contributed by atoms with Crippen molar-refractivity contribution in [3.8, 4) is 5.69 Å². The van der Waals surface area contributed by atoms with Crippen LogP contribution in [0.4, 0.5) is 5.69 Å². The highest BCUT2D eigenvalue weighted by Crippen LogP contribution is 2.28. The van der Waals surface area contributed by atoms with Crippen molar-refractivity contribution in [2.45, 2.75) is 33.7 Å². The Balaban J connectivity index is 1.44. The summed E-state index contributed by atoms with van der Waals surface area (Å²) in [7, 11) is 0. The number of aromatic nitrogens is 2. The molecule has 1 N–H and O–H groups in total. The van der Waals surface area contributed by atoms with Crippen LogP contribution in [0.25, 0.3) is 5.69 Å². The summed E-state index contributed by atoms with van der Waals surface area (Å²) in [6.07, 6.45) is 0. The van der Waals surface area contributed by atoms with Gasteiger partial charge in [0, 0.05) is 0 Å². The summed E-state index contributed by atoms with van der Waals surface area (Å²) in [5.74, 6) is -2.89. The van der Waals surface area contributed by atoms with Gasteiger partial charge in [-0.3, -0.25) is 19.3 Å². The van der Waals surface area contributed by atoms with Gasteiger partial charge in [0.15, 0.2) is 6.61 Å². The Kier molecular flexibility index (Phi) is 6.50. The van der Waals surface area contributed by atoms with Gasteiger partial charge in [0.2, 0.25) is 0 Å². The fourth-order valence-electron chi connectivity index (χ4n) is 4.18. The molecule has 1 atom stereocenters. The van der Waals surface area contributed by atoms with E-state index in [2.05, 4.69) is 10.4 Å². The molecule has 35 heavy (non-hydrogen) atoms. The number of hydrogen-bond donors (Lipinski definition) is 1. The van der Waals surface area contributed by atoms with Gasteiger partial charge in [-0.25, -0.2) is 9.48 Å². The third-order valence-corrected chi connectivity index (χ3v) is 5.88. The van der Waals surface area contributed by atoms with Crippen LogP contribution in [0, 0.1) is 19.8 Å². The zero-order valence-corrected chi connectivity index (χ0v) is 19.9. The van der Waals surface area contributed by atoms with Gasteiger partial charge in [-0.05, 0) is 44.0 Å². The van der Waals surface area contributed by atoms with Crippen molar-refractivity contribution in [2.24, 2.45) is 5.92 Å². The van der Waals surface area contributed by atoms with E-state index in [-0.39, 0.29) is 11.1 Å². The highest BCUT2D eigenvalue weighted by molar-refractivity contribution is 6.22. The molecule has 180 valence electrons. The van der Waals surface area contributed by atoms with Gasteiger partial charge in [-0.15, -0.1) is 0 Å². The molecule has 0 saturated carbocycles. The molecule has 0 aliphatic carbocycles. The highest BCUT2D eigenvalue weighted by atomic mass is 16.5. The van der Waals surface area contributed by atoms with Crippen molar-refractivity contribution in [1.29, 1.82) is 0 Å². The number of amides is 3. The number of ether oxygens (including phenoxy) is 1.